The molecule has 3 N–H and O–H groups in total. The van der Waals surface area contributed by atoms with Crippen LogP contribution in [-0.4, -0.2) is 13.1 Å². The fourth-order valence-corrected chi connectivity index (χ4v) is 2.61. The third kappa shape index (κ3) is 5.25. The zero-order valence-electron chi connectivity index (χ0n) is 15.3. The summed E-state index contributed by atoms with van der Waals surface area (Å²) >= 11 is 0. The van der Waals surface area contributed by atoms with Crippen molar-refractivity contribution in [3.8, 4) is 11.5 Å². The largest absolute Gasteiger partial charge is 0.495 e. The Balaban J connectivity index is 1.65. The third-order valence-electron chi connectivity index (χ3n) is 4.00. The van der Waals surface area contributed by atoms with Crippen molar-refractivity contribution in [3.05, 3.63) is 90.0 Å². The van der Waals surface area contributed by atoms with Crippen molar-refractivity contribution < 1.29 is 9.47 Å². The first-order valence-corrected chi connectivity index (χ1v) is 8.71. The zero-order valence-corrected chi connectivity index (χ0v) is 15.3. The van der Waals surface area contributed by atoms with Crippen molar-refractivity contribution in [2.75, 3.05) is 12.4 Å². The summed E-state index contributed by atoms with van der Waals surface area (Å²) in [6, 6.07) is 25.5. The van der Waals surface area contributed by atoms with Crippen LogP contribution >= 0.6 is 0 Å². The van der Waals surface area contributed by atoms with Crippen LogP contribution < -0.4 is 20.5 Å². The lowest BCUT2D eigenvalue weighted by Gasteiger charge is -2.12. The van der Waals surface area contributed by atoms with Gasteiger partial charge in [-0.2, -0.15) is 0 Å². The Bertz CT molecular complexity index is 895. The summed E-state index contributed by atoms with van der Waals surface area (Å²) in [5.74, 6) is 1.83. The van der Waals surface area contributed by atoms with Crippen LogP contribution in [0.3, 0.4) is 0 Å². The molecule has 0 unspecified atom stereocenters. The summed E-state index contributed by atoms with van der Waals surface area (Å²) < 4.78 is 11.3. The van der Waals surface area contributed by atoms with Crippen molar-refractivity contribution in [3.63, 3.8) is 0 Å². The van der Waals surface area contributed by atoms with E-state index in [1.807, 2.05) is 78.9 Å². The number of nitrogens with one attached hydrogen (secondary N) is 1. The maximum atomic E-state index is 6.03. The van der Waals surface area contributed by atoms with Gasteiger partial charge in [-0.25, -0.2) is 4.99 Å². The van der Waals surface area contributed by atoms with Gasteiger partial charge in [0.15, 0.2) is 5.96 Å². The molecule has 0 aromatic heterocycles. The van der Waals surface area contributed by atoms with E-state index in [1.54, 1.807) is 7.11 Å². The molecule has 138 valence electrons. The van der Waals surface area contributed by atoms with Gasteiger partial charge in [-0.05, 0) is 23.8 Å². The van der Waals surface area contributed by atoms with Gasteiger partial charge >= 0.3 is 0 Å². The highest BCUT2D eigenvalue weighted by Gasteiger charge is 2.05. The Kier molecular flexibility index (Phi) is 6.30. The lowest BCUT2D eigenvalue weighted by Crippen LogP contribution is -2.23. The molecule has 0 amide bonds. The molecule has 0 fully saturated rings. The highest BCUT2D eigenvalue weighted by molar-refractivity contribution is 5.93. The number of nitrogens with zero attached hydrogens (tertiary/aromatic N) is 1. The van der Waals surface area contributed by atoms with E-state index >= 15 is 0 Å². The first-order chi connectivity index (χ1) is 13.3. The normalized spacial score (nSPS) is 11.1. The van der Waals surface area contributed by atoms with Gasteiger partial charge in [0.2, 0.25) is 0 Å². The average Bonchev–Trinajstić information content (AvgIpc) is 2.72. The van der Waals surface area contributed by atoms with E-state index in [1.165, 1.54) is 0 Å². The first-order valence-electron chi connectivity index (χ1n) is 8.71. The van der Waals surface area contributed by atoms with Crippen LogP contribution in [0.15, 0.2) is 83.9 Å². The number of ether oxygens (including phenoxy) is 2. The Labute approximate surface area is 159 Å². The van der Waals surface area contributed by atoms with E-state index in [9.17, 15) is 0 Å². The summed E-state index contributed by atoms with van der Waals surface area (Å²) in [6.45, 7) is 0.926. The maximum Gasteiger partial charge on any atom is 0.193 e. The van der Waals surface area contributed by atoms with E-state index in [4.69, 9.17) is 15.2 Å². The van der Waals surface area contributed by atoms with Crippen molar-refractivity contribution >= 4 is 11.6 Å². The van der Waals surface area contributed by atoms with Gasteiger partial charge in [0.1, 0.15) is 18.1 Å². The zero-order chi connectivity index (χ0) is 18.9. The standard InChI is InChI=1S/C22H23N3O2/c1-26-21-14-8-6-12-19(21)25-22(23)24-15-18-11-5-7-13-20(18)27-16-17-9-3-2-4-10-17/h2-14H,15-16H2,1H3,(H3,23,24,25). The number of aliphatic imine (C=N–C) groups is 1. The van der Waals surface area contributed by atoms with E-state index in [0.717, 1.165) is 22.6 Å². The number of hydrogen-bond acceptors (Lipinski definition) is 3. The Morgan fingerprint density at radius 1 is 0.889 bits per heavy atom. The van der Waals surface area contributed by atoms with Crippen molar-refractivity contribution in [1.29, 1.82) is 0 Å². The first kappa shape index (κ1) is 18.3. The molecule has 0 heterocycles. The van der Waals surface area contributed by atoms with E-state index < -0.39 is 0 Å². The second-order valence-corrected chi connectivity index (χ2v) is 5.91. The molecule has 0 spiro atoms. The number of rotatable bonds is 7. The van der Waals surface area contributed by atoms with Gasteiger partial charge < -0.3 is 20.5 Å². The lowest BCUT2D eigenvalue weighted by molar-refractivity contribution is 0.303. The van der Waals surface area contributed by atoms with Crippen LogP contribution in [0, 0.1) is 0 Å². The number of benzene rings is 3. The van der Waals surface area contributed by atoms with Gasteiger partial charge in [-0.3, -0.25) is 0 Å². The van der Waals surface area contributed by atoms with Crippen LogP contribution in [0.4, 0.5) is 5.69 Å². The molecule has 0 bridgehead atoms. The number of anilines is 1. The lowest BCUT2D eigenvalue weighted by atomic mass is 10.2. The third-order valence-corrected chi connectivity index (χ3v) is 4.00. The van der Waals surface area contributed by atoms with Gasteiger partial charge in [-0.1, -0.05) is 60.7 Å². The molecular formula is C22H23N3O2. The second-order valence-electron chi connectivity index (χ2n) is 5.91. The minimum atomic E-state index is 0.317. The quantitative estimate of drug-likeness (QED) is 0.489. The fraction of sp³-hybridized carbons (Fsp3) is 0.136. The van der Waals surface area contributed by atoms with Gasteiger partial charge in [0.05, 0.1) is 19.3 Å². The van der Waals surface area contributed by atoms with Crippen LogP contribution in [0.25, 0.3) is 0 Å². The summed E-state index contributed by atoms with van der Waals surface area (Å²) in [4.78, 5) is 4.43. The number of para-hydroxylation sites is 3. The average molecular weight is 361 g/mol. The van der Waals surface area contributed by atoms with Gasteiger partial charge in [0.25, 0.3) is 0 Å². The molecule has 0 atom stereocenters. The minimum Gasteiger partial charge on any atom is -0.495 e. The Morgan fingerprint density at radius 3 is 2.33 bits per heavy atom. The van der Waals surface area contributed by atoms with Crippen LogP contribution in [0.5, 0.6) is 11.5 Å². The molecule has 3 aromatic carbocycles. The predicted molar refractivity (Wildman–Crippen MR) is 109 cm³/mol. The van der Waals surface area contributed by atoms with Crippen molar-refractivity contribution in [1.82, 2.24) is 0 Å². The molecule has 3 rings (SSSR count). The molecule has 3 aromatic rings. The summed E-state index contributed by atoms with van der Waals surface area (Å²) in [6.07, 6.45) is 0. The summed E-state index contributed by atoms with van der Waals surface area (Å²) in [7, 11) is 1.62. The van der Waals surface area contributed by atoms with Crippen molar-refractivity contribution in [2.24, 2.45) is 10.7 Å². The molecule has 0 saturated carbocycles. The van der Waals surface area contributed by atoms with Gasteiger partial charge in [-0.15, -0.1) is 0 Å². The Morgan fingerprint density at radius 2 is 1.56 bits per heavy atom. The van der Waals surface area contributed by atoms with E-state index in [0.29, 0.717) is 24.9 Å². The predicted octanol–water partition coefficient (Wildman–Crippen LogP) is 4.20. The number of guanidine groups is 1. The van der Waals surface area contributed by atoms with Crippen LogP contribution in [-0.2, 0) is 13.2 Å². The molecule has 27 heavy (non-hydrogen) atoms. The molecule has 5 heteroatoms. The molecule has 0 aliphatic heterocycles. The molecule has 0 aliphatic carbocycles. The highest BCUT2D eigenvalue weighted by Crippen LogP contribution is 2.23. The smallest absolute Gasteiger partial charge is 0.193 e. The van der Waals surface area contributed by atoms with Crippen molar-refractivity contribution in [2.45, 2.75) is 13.2 Å². The molecule has 0 radical (unpaired) electrons. The van der Waals surface area contributed by atoms with Crippen LogP contribution in [0.2, 0.25) is 0 Å². The SMILES string of the molecule is COc1ccccc1NC(N)=NCc1ccccc1OCc1ccccc1. The fourth-order valence-electron chi connectivity index (χ4n) is 2.61. The van der Waals surface area contributed by atoms with E-state index in [2.05, 4.69) is 10.3 Å². The monoisotopic (exact) mass is 361 g/mol. The number of methoxy groups -OCH3 is 1. The highest BCUT2D eigenvalue weighted by atomic mass is 16.5. The minimum absolute atomic E-state index is 0.317. The molecule has 0 saturated heterocycles. The molecular weight excluding hydrogens is 338 g/mol. The Hall–Kier alpha value is -3.47. The molecule has 0 aliphatic rings. The summed E-state index contributed by atoms with van der Waals surface area (Å²) in [5.41, 5.74) is 8.90. The van der Waals surface area contributed by atoms with Gasteiger partial charge in [0, 0.05) is 5.56 Å². The molecule has 5 nitrogen and oxygen atoms in total. The summed E-state index contributed by atoms with van der Waals surface area (Å²) in [5, 5.41) is 3.07. The second kappa shape index (κ2) is 9.29. The number of nitrogens with two attached hydrogens (primary N) is 1. The van der Waals surface area contributed by atoms with E-state index in [-0.39, 0.29) is 0 Å². The maximum absolute atomic E-state index is 6.03. The topological polar surface area (TPSA) is 68.9 Å². The van der Waals surface area contributed by atoms with Crippen LogP contribution in [0.1, 0.15) is 11.1 Å². The number of hydrogen-bond donors (Lipinski definition) is 2.